The number of aromatic nitrogens is 5. The van der Waals surface area contributed by atoms with Crippen LogP contribution in [-0.4, -0.2) is 44.0 Å². The average Bonchev–Trinajstić information content (AvgIpc) is 3.48. The van der Waals surface area contributed by atoms with Crippen LogP contribution >= 0.6 is 0 Å². The molecular weight excluding hydrogens is 435 g/mol. The molecular formula is C22H24F3N7O. The minimum Gasteiger partial charge on any atom is -0.350 e. The summed E-state index contributed by atoms with van der Waals surface area (Å²) in [4.78, 5) is 11.2. The Morgan fingerprint density at radius 2 is 1.82 bits per heavy atom. The smallest absolute Gasteiger partial charge is 0.324 e. The molecule has 2 unspecified atom stereocenters. The summed E-state index contributed by atoms with van der Waals surface area (Å²) in [6.07, 6.45) is 3.53. The van der Waals surface area contributed by atoms with Crippen LogP contribution in [0.15, 0.2) is 16.7 Å². The molecule has 33 heavy (non-hydrogen) atoms. The van der Waals surface area contributed by atoms with Crippen LogP contribution in [0.3, 0.4) is 0 Å². The van der Waals surface area contributed by atoms with Gasteiger partial charge in [0.1, 0.15) is 5.82 Å². The van der Waals surface area contributed by atoms with Gasteiger partial charge in [0.25, 0.3) is 0 Å². The fourth-order valence-corrected chi connectivity index (χ4v) is 5.69. The summed E-state index contributed by atoms with van der Waals surface area (Å²) in [5.41, 5.74) is 0.122. The third-order valence-corrected chi connectivity index (χ3v) is 7.23. The summed E-state index contributed by atoms with van der Waals surface area (Å²) < 4.78 is 48.9. The number of fused-ring (bicyclic) bond motifs is 3. The van der Waals surface area contributed by atoms with Gasteiger partial charge in [-0.05, 0) is 50.5 Å². The molecule has 2 aliphatic heterocycles. The first kappa shape index (κ1) is 20.5. The highest BCUT2D eigenvalue weighted by molar-refractivity contribution is 5.36. The van der Waals surface area contributed by atoms with Crippen molar-refractivity contribution < 1.29 is 17.7 Å². The van der Waals surface area contributed by atoms with Gasteiger partial charge >= 0.3 is 6.01 Å². The molecule has 1 saturated heterocycles. The third-order valence-electron chi connectivity index (χ3n) is 7.23. The number of nitrogens with zero attached hydrogens (tertiary/aromatic N) is 6. The van der Waals surface area contributed by atoms with Gasteiger partial charge in [0.15, 0.2) is 23.3 Å². The predicted molar refractivity (Wildman–Crippen MR) is 112 cm³/mol. The van der Waals surface area contributed by atoms with Crippen molar-refractivity contribution in [2.75, 3.05) is 23.3 Å². The number of halogens is 3. The van der Waals surface area contributed by atoms with E-state index in [1.807, 2.05) is 6.92 Å². The molecule has 8 nitrogen and oxygen atoms in total. The monoisotopic (exact) mass is 459 g/mol. The summed E-state index contributed by atoms with van der Waals surface area (Å²) >= 11 is 0. The molecule has 4 atom stereocenters. The highest BCUT2D eigenvalue weighted by Crippen LogP contribution is 2.40. The lowest BCUT2D eigenvalue weighted by molar-refractivity contribution is 0.340. The van der Waals surface area contributed by atoms with Gasteiger partial charge < -0.3 is 14.7 Å². The molecule has 0 amide bonds. The van der Waals surface area contributed by atoms with Crippen LogP contribution in [-0.2, 0) is 6.54 Å². The molecule has 11 heteroatoms. The Morgan fingerprint density at radius 3 is 2.55 bits per heavy atom. The van der Waals surface area contributed by atoms with Gasteiger partial charge in [-0.2, -0.15) is 9.97 Å². The van der Waals surface area contributed by atoms with E-state index in [0.29, 0.717) is 48.4 Å². The van der Waals surface area contributed by atoms with Crippen molar-refractivity contribution in [3.05, 3.63) is 46.8 Å². The second-order valence-corrected chi connectivity index (χ2v) is 9.27. The average molecular weight is 459 g/mol. The van der Waals surface area contributed by atoms with E-state index < -0.39 is 23.4 Å². The summed E-state index contributed by atoms with van der Waals surface area (Å²) in [6.45, 7) is 4.09. The molecule has 1 aromatic carbocycles. The van der Waals surface area contributed by atoms with E-state index in [1.165, 1.54) is 6.07 Å². The zero-order chi connectivity index (χ0) is 22.7. The first-order valence-corrected chi connectivity index (χ1v) is 11.4. The highest BCUT2D eigenvalue weighted by atomic mass is 19.2. The van der Waals surface area contributed by atoms with E-state index in [2.05, 4.69) is 30.4 Å². The van der Waals surface area contributed by atoms with Crippen molar-refractivity contribution in [3.63, 3.8) is 0 Å². The van der Waals surface area contributed by atoms with Crippen LogP contribution in [0, 0.1) is 36.2 Å². The molecule has 0 radical (unpaired) electrons. The molecule has 1 aliphatic carbocycles. The predicted octanol–water partition coefficient (Wildman–Crippen LogP) is 3.64. The molecule has 2 bridgehead atoms. The van der Waals surface area contributed by atoms with Crippen molar-refractivity contribution in [2.45, 2.75) is 51.1 Å². The van der Waals surface area contributed by atoms with Crippen molar-refractivity contribution in [3.8, 4) is 0 Å². The molecule has 2 aromatic heterocycles. The standard InChI is InChI=1S/C22H24F3N7O/c1-11-26-22(33-30-11)31-9-12-4-5-13(10-31)19(12)27-21-28-20-15(3-2-8-32(20)29-21)14-6-7-16(23)18(25)17(14)24/h6-7,12-13,15,19H,2-5,8-10H2,1H3,(H,27,29)/t12-,13+,15?,19?. The molecule has 0 spiro atoms. The summed E-state index contributed by atoms with van der Waals surface area (Å²) in [6, 6.07) is 3.06. The van der Waals surface area contributed by atoms with Gasteiger partial charge in [0.2, 0.25) is 5.95 Å². The molecule has 2 fully saturated rings. The third kappa shape index (κ3) is 3.44. The minimum absolute atomic E-state index is 0.122. The summed E-state index contributed by atoms with van der Waals surface area (Å²) in [5, 5.41) is 12.0. The van der Waals surface area contributed by atoms with Crippen LogP contribution in [0.25, 0.3) is 0 Å². The summed E-state index contributed by atoms with van der Waals surface area (Å²) in [5.74, 6) is -1.76. The number of aryl methyl sites for hydroxylation is 2. The number of nitrogens with one attached hydrogen (secondary N) is 1. The van der Waals surface area contributed by atoms with Crippen molar-refractivity contribution in [1.29, 1.82) is 0 Å². The molecule has 1 saturated carbocycles. The Kier molecular flexibility index (Phi) is 4.81. The van der Waals surface area contributed by atoms with Gasteiger partial charge in [-0.3, -0.25) is 0 Å². The van der Waals surface area contributed by atoms with Crippen molar-refractivity contribution >= 4 is 12.0 Å². The Bertz CT molecular complexity index is 1180. The van der Waals surface area contributed by atoms with E-state index in [0.717, 1.165) is 38.4 Å². The van der Waals surface area contributed by atoms with Crippen LogP contribution in [0.2, 0.25) is 0 Å². The maximum absolute atomic E-state index is 14.5. The van der Waals surface area contributed by atoms with Crippen LogP contribution in [0.1, 0.15) is 48.8 Å². The lowest BCUT2D eigenvalue weighted by Gasteiger charge is -2.37. The van der Waals surface area contributed by atoms with Crippen LogP contribution < -0.4 is 10.2 Å². The van der Waals surface area contributed by atoms with E-state index in [1.54, 1.807) is 4.68 Å². The van der Waals surface area contributed by atoms with Gasteiger partial charge in [-0.25, -0.2) is 17.9 Å². The maximum Gasteiger partial charge on any atom is 0.324 e. The van der Waals surface area contributed by atoms with Gasteiger partial charge in [-0.1, -0.05) is 11.2 Å². The van der Waals surface area contributed by atoms with E-state index in [4.69, 9.17) is 4.52 Å². The largest absolute Gasteiger partial charge is 0.350 e. The van der Waals surface area contributed by atoms with E-state index >= 15 is 0 Å². The zero-order valence-electron chi connectivity index (χ0n) is 18.1. The topological polar surface area (TPSA) is 84.9 Å². The molecule has 3 aromatic rings. The summed E-state index contributed by atoms with van der Waals surface area (Å²) in [7, 11) is 0. The van der Waals surface area contributed by atoms with Crippen LogP contribution in [0.5, 0.6) is 0 Å². The normalized spacial score (nSPS) is 26.5. The van der Waals surface area contributed by atoms with Crippen molar-refractivity contribution in [1.82, 2.24) is 24.9 Å². The zero-order valence-corrected chi connectivity index (χ0v) is 18.1. The molecule has 174 valence electrons. The molecule has 1 N–H and O–H groups in total. The minimum atomic E-state index is -1.44. The second-order valence-electron chi connectivity index (χ2n) is 9.27. The number of rotatable bonds is 4. The van der Waals surface area contributed by atoms with Crippen LogP contribution in [0.4, 0.5) is 25.1 Å². The number of anilines is 2. The fraction of sp³-hybridized carbons (Fsp3) is 0.545. The quantitative estimate of drug-likeness (QED) is 0.597. The van der Waals surface area contributed by atoms with E-state index in [-0.39, 0.29) is 11.6 Å². The number of hydrogen-bond donors (Lipinski definition) is 1. The Hall–Kier alpha value is -3.11. The van der Waals surface area contributed by atoms with Gasteiger partial charge in [-0.15, -0.1) is 5.10 Å². The Morgan fingerprint density at radius 1 is 1.03 bits per heavy atom. The second kappa shape index (κ2) is 7.74. The highest BCUT2D eigenvalue weighted by Gasteiger charge is 2.44. The number of piperidine rings is 1. The molecule has 4 heterocycles. The molecule has 6 rings (SSSR count). The SMILES string of the molecule is Cc1noc(N2C[C@H]3CC[C@@H](C2)C3Nc2nc3n(n2)CCCC3c2ccc(F)c(F)c2F)n1. The first-order valence-electron chi connectivity index (χ1n) is 11.4. The molecule has 3 aliphatic rings. The lowest BCUT2D eigenvalue weighted by atomic mass is 9.90. The number of benzene rings is 1. The van der Waals surface area contributed by atoms with Gasteiger partial charge in [0.05, 0.1) is 0 Å². The van der Waals surface area contributed by atoms with E-state index in [9.17, 15) is 13.2 Å². The maximum atomic E-state index is 14.5. The Labute approximate surface area is 188 Å². The first-order chi connectivity index (χ1) is 16.0. The fourth-order valence-electron chi connectivity index (χ4n) is 5.69. The van der Waals surface area contributed by atoms with Crippen molar-refractivity contribution in [2.24, 2.45) is 11.8 Å². The van der Waals surface area contributed by atoms with Gasteiger partial charge in [0, 0.05) is 37.2 Å². The Balaban J connectivity index is 1.22. The lowest BCUT2D eigenvalue weighted by Crippen LogP contribution is -2.48. The number of hydrogen-bond acceptors (Lipinski definition) is 7.